The molecule has 0 unspecified atom stereocenters. The number of nitrogens with one attached hydrogen (secondary N) is 2. The van der Waals surface area contributed by atoms with Gasteiger partial charge >= 0.3 is 0 Å². The lowest BCUT2D eigenvalue weighted by atomic mass is 10.1. The second-order valence-electron chi connectivity index (χ2n) is 7.76. The Bertz CT molecular complexity index is 851. The number of nitrogens with zero attached hydrogens (tertiary/aromatic N) is 2. The molecule has 0 radical (unpaired) electrons. The maximum absolute atomic E-state index is 11.9. The zero-order chi connectivity index (χ0) is 22.6. The van der Waals surface area contributed by atoms with E-state index in [0.29, 0.717) is 25.7 Å². The molecule has 0 heterocycles. The number of benzene rings is 2. The van der Waals surface area contributed by atoms with Gasteiger partial charge in [-0.25, -0.2) is 10.9 Å². The third-order valence-corrected chi connectivity index (χ3v) is 4.94. The molecule has 0 aliphatic carbocycles. The Balaban J connectivity index is 1.61. The number of rotatable bonds is 10. The Kier molecular flexibility index (Phi) is 9.62. The molecular weight excluding hydrogens is 388 g/mol. The fraction of sp³-hybridized carbons (Fsp3) is 0.360. The third kappa shape index (κ3) is 8.95. The largest absolute Gasteiger partial charge is 0.273 e. The Labute approximate surface area is 184 Å². The van der Waals surface area contributed by atoms with Crippen LogP contribution in [-0.4, -0.2) is 23.2 Å². The van der Waals surface area contributed by atoms with Crippen LogP contribution in [0.4, 0.5) is 0 Å². The summed E-state index contributed by atoms with van der Waals surface area (Å²) in [5.41, 5.74) is 11.1. The van der Waals surface area contributed by atoms with Crippen LogP contribution in [0.15, 0.2) is 58.7 Å². The van der Waals surface area contributed by atoms with E-state index in [0.717, 1.165) is 29.0 Å². The Morgan fingerprint density at radius 2 is 1.00 bits per heavy atom. The minimum absolute atomic E-state index is 0.116. The Morgan fingerprint density at radius 1 is 0.645 bits per heavy atom. The number of aryl methyl sites for hydroxylation is 2. The van der Waals surface area contributed by atoms with Crippen molar-refractivity contribution >= 4 is 23.2 Å². The smallest absolute Gasteiger partial charge is 0.240 e. The van der Waals surface area contributed by atoms with Crippen LogP contribution in [0, 0.1) is 13.8 Å². The van der Waals surface area contributed by atoms with Gasteiger partial charge in [-0.1, -0.05) is 66.1 Å². The van der Waals surface area contributed by atoms with E-state index < -0.39 is 0 Å². The summed E-state index contributed by atoms with van der Waals surface area (Å²) in [6.07, 6.45) is 2.99. The van der Waals surface area contributed by atoms with Gasteiger partial charge < -0.3 is 0 Å². The van der Waals surface area contributed by atoms with Gasteiger partial charge in [0.2, 0.25) is 11.8 Å². The lowest BCUT2D eigenvalue weighted by Crippen LogP contribution is -2.19. The summed E-state index contributed by atoms with van der Waals surface area (Å²) in [4.78, 5) is 23.9. The number of hydrazone groups is 2. The lowest BCUT2D eigenvalue weighted by Gasteiger charge is -2.05. The van der Waals surface area contributed by atoms with Crippen molar-refractivity contribution in [1.29, 1.82) is 0 Å². The fourth-order valence-corrected chi connectivity index (χ4v) is 2.87. The quantitative estimate of drug-likeness (QED) is 0.334. The average molecular weight is 421 g/mol. The van der Waals surface area contributed by atoms with E-state index >= 15 is 0 Å². The van der Waals surface area contributed by atoms with Crippen LogP contribution >= 0.6 is 0 Å². The van der Waals surface area contributed by atoms with Crippen molar-refractivity contribution in [3.05, 3.63) is 70.8 Å². The van der Waals surface area contributed by atoms with Crippen LogP contribution in [0.2, 0.25) is 0 Å². The van der Waals surface area contributed by atoms with E-state index in [1.165, 1.54) is 11.1 Å². The second kappa shape index (κ2) is 12.4. The van der Waals surface area contributed by atoms with Gasteiger partial charge in [-0.2, -0.15) is 10.2 Å². The van der Waals surface area contributed by atoms with Crippen molar-refractivity contribution < 1.29 is 9.59 Å². The van der Waals surface area contributed by atoms with Crippen LogP contribution < -0.4 is 10.9 Å². The van der Waals surface area contributed by atoms with E-state index in [9.17, 15) is 9.59 Å². The van der Waals surface area contributed by atoms with E-state index in [1.54, 1.807) is 0 Å². The summed E-state index contributed by atoms with van der Waals surface area (Å²) in [7, 11) is 0. The molecule has 0 spiro atoms. The highest BCUT2D eigenvalue weighted by atomic mass is 16.2. The monoisotopic (exact) mass is 420 g/mol. The van der Waals surface area contributed by atoms with Crippen molar-refractivity contribution in [2.75, 3.05) is 0 Å². The molecule has 6 nitrogen and oxygen atoms in total. The van der Waals surface area contributed by atoms with Crippen LogP contribution in [0.1, 0.15) is 68.2 Å². The van der Waals surface area contributed by atoms with Crippen LogP contribution in [0.3, 0.4) is 0 Å². The maximum Gasteiger partial charge on any atom is 0.240 e. The molecule has 0 fully saturated rings. The highest BCUT2D eigenvalue weighted by molar-refractivity contribution is 5.99. The van der Waals surface area contributed by atoms with Crippen LogP contribution in [0.5, 0.6) is 0 Å². The van der Waals surface area contributed by atoms with Crippen molar-refractivity contribution in [2.24, 2.45) is 10.2 Å². The first-order chi connectivity index (χ1) is 14.8. The molecule has 6 heteroatoms. The fourth-order valence-electron chi connectivity index (χ4n) is 2.87. The zero-order valence-corrected chi connectivity index (χ0v) is 18.9. The van der Waals surface area contributed by atoms with Gasteiger partial charge in [0.05, 0.1) is 11.4 Å². The normalized spacial score (nSPS) is 11.9. The van der Waals surface area contributed by atoms with E-state index in [4.69, 9.17) is 0 Å². The van der Waals surface area contributed by atoms with E-state index in [1.807, 2.05) is 76.2 Å². The molecule has 0 saturated heterocycles. The predicted molar refractivity (Wildman–Crippen MR) is 126 cm³/mol. The van der Waals surface area contributed by atoms with Gasteiger partial charge in [0.1, 0.15) is 0 Å². The molecule has 2 aromatic carbocycles. The summed E-state index contributed by atoms with van der Waals surface area (Å²) < 4.78 is 0. The molecular formula is C25H32N4O2. The Morgan fingerprint density at radius 3 is 1.35 bits per heavy atom. The molecule has 31 heavy (non-hydrogen) atoms. The van der Waals surface area contributed by atoms with E-state index in [-0.39, 0.29) is 11.8 Å². The molecule has 0 atom stereocenters. The van der Waals surface area contributed by atoms with Crippen LogP contribution in [-0.2, 0) is 9.59 Å². The highest BCUT2D eigenvalue weighted by Crippen LogP contribution is 2.06. The number of carbonyl (C=O) groups excluding carboxylic acids is 2. The molecule has 2 rings (SSSR count). The molecule has 0 aliphatic heterocycles. The van der Waals surface area contributed by atoms with Gasteiger partial charge in [0.15, 0.2) is 0 Å². The molecule has 0 aliphatic rings. The molecule has 2 aromatic rings. The standard InChI is InChI=1S/C25H32N4O2/c1-18-10-14-22(15-11-18)20(3)26-28-24(30)8-6-5-7-9-25(31)29-27-21(4)23-16-12-19(2)13-17-23/h10-17H,5-9H2,1-4H3,(H,28,30)(H,29,31). The molecule has 0 saturated carbocycles. The van der Waals surface area contributed by atoms with Gasteiger partial charge in [0, 0.05) is 12.8 Å². The van der Waals surface area contributed by atoms with Crippen molar-refractivity contribution in [3.8, 4) is 0 Å². The summed E-state index contributed by atoms with van der Waals surface area (Å²) in [6, 6.07) is 16.0. The summed E-state index contributed by atoms with van der Waals surface area (Å²) in [5, 5.41) is 8.32. The van der Waals surface area contributed by atoms with Gasteiger partial charge in [-0.3, -0.25) is 9.59 Å². The number of carbonyl (C=O) groups is 2. The molecule has 0 aromatic heterocycles. The maximum atomic E-state index is 11.9. The first kappa shape index (κ1) is 24.0. The highest BCUT2D eigenvalue weighted by Gasteiger charge is 2.04. The minimum Gasteiger partial charge on any atom is -0.273 e. The predicted octanol–water partition coefficient (Wildman–Crippen LogP) is 4.63. The molecule has 2 amide bonds. The Hall–Kier alpha value is -3.28. The minimum atomic E-state index is -0.116. The van der Waals surface area contributed by atoms with Crippen molar-refractivity contribution in [3.63, 3.8) is 0 Å². The number of amides is 2. The first-order valence-corrected chi connectivity index (χ1v) is 10.7. The summed E-state index contributed by atoms with van der Waals surface area (Å²) >= 11 is 0. The SMILES string of the molecule is CC(=NNC(=O)CCCCCC(=O)NN=C(C)c1ccc(C)cc1)c1ccc(C)cc1. The topological polar surface area (TPSA) is 82.9 Å². The average Bonchev–Trinajstić information content (AvgIpc) is 2.76. The van der Waals surface area contributed by atoms with Crippen LogP contribution in [0.25, 0.3) is 0 Å². The number of hydrogen-bond donors (Lipinski definition) is 2. The first-order valence-electron chi connectivity index (χ1n) is 10.7. The van der Waals surface area contributed by atoms with Gasteiger partial charge in [0.25, 0.3) is 0 Å². The third-order valence-electron chi connectivity index (χ3n) is 4.94. The summed E-state index contributed by atoms with van der Waals surface area (Å²) in [5.74, 6) is -0.233. The summed E-state index contributed by atoms with van der Waals surface area (Å²) in [6.45, 7) is 7.79. The zero-order valence-electron chi connectivity index (χ0n) is 18.9. The number of unbranched alkanes of at least 4 members (excludes halogenated alkanes) is 2. The molecule has 164 valence electrons. The number of hydrogen-bond acceptors (Lipinski definition) is 4. The van der Waals surface area contributed by atoms with Gasteiger partial charge in [-0.05, 0) is 51.7 Å². The van der Waals surface area contributed by atoms with Crippen molar-refractivity contribution in [1.82, 2.24) is 10.9 Å². The molecule has 0 bridgehead atoms. The van der Waals surface area contributed by atoms with Crippen molar-refractivity contribution in [2.45, 2.75) is 59.8 Å². The lowest BCUT2D eigenvalue weighted by molar-refractivity contribution is -0.121. The van der Waals surface area contributed by atoms with E-state index in [2.05, 4.69) is 21.1 Å². The van der Waals surface area contributed by atoms with Gasteiger partial charge in [-0.15, -0.1) is 0 Å². The molecule has 2 N–H and O–H groups in total. The second-order valence-corrected chi connectivity index (χ2v) is 7.76.